The summed E-state index contributed by atoms with van der Waals surface area (Å²) in [6.07, 6.45) is 6.37. The van der Waals surface area contributed by atoms with Crippen LogP contribution in [-0.4, -0.2) is 38.4 Å². The molecule has 0 aromatic heterocycles. The molecule has 2 N–H and O–H groups in total. The van der Waals surface area contributed by atoms with E-state index in [1.807, 2.05) is 7.05 Å². The largest absolute Gasteiger partial charge is 0.493 e. The SMILES string of the molecule is CCC1(CCCOC)Cc2ccc(OCC3CC3)cc2C12N=C(N)N(C)O2. The van der Waals surface area contributed by atoms with E-state index < -0.39 is 5.72 Å². The van der Waals surface area contributed by atoms with Crippen LogP contribution in [0.2, 0.25) is 0 Å². The van der Waals surface area contributed by atoms with E-state index in [-0.39, 0.29) is 5.41 Å². The molecule has 0 bridgehead atoms. The number of methoxy groups -OCH3 is 1. The van der Waals surface area contributed by atoms with Crippen LogP contribution in [0.4, 0.5) is 0 Å². The van der Waals surface area contributed by atoms with Crippen molar-refractivity contribution in [3.05, 3.63) is 29.3 Å². The Balaban J connectivity index is 1.71. The molecule has 3 aliphatic rings. The fourth-order valence-corrected chi connectivity index (χ4v) is 4.56. The molecule has 2 unspecified atom stereocenters. The number of nitrogens with zero attached hydrogens (tertiary/aromatic N) is 2. The summed E-state index contributed by atoms with van der Waals surface area (Å²) >= 11 is 0. The maximum absolute atomic E-state index is 6.39. The van der Waals surface area contributed by atoms with E-state index in [2.05, 4.69) is 25.1 Å². The molecule has 1 aromatic rings. The van der Waals surface area contributed by atoms with Crippen LogP contribution in [0.5, 0.6) is 5.75 Å². The van der Waals surface area contributed by atoms with E-state index in [9.17, 15) is 0 Å². The van der Waals surface area contributed by atoms with Gasteiger partial charge >= 0.3 is 0 Å². The lowest BCUT2D eigenvalue weighted by Gasteiger charge is -2.40. The van der Waals surface area contributed by atoms with Crippen molar-refractivity contribution >= 4 is 5.96 Å². The lowest BCUT2D eigenvalue weighted by Crippen LogP contribution is -2.43. The predicted molar refractivity (Wildman–Crippen MR) is 104 cm³/mol. The van der Waals surface area contributed by atoms with Crippen LogP contribution in [0, 0.1) is 11.3 Å². The topological polar surface area (TPSA) is 69.3 Å². The van der Waals surface area contributed by atoms with Gasteiger partial charge in [0.1, 0.15) is 5.75 Å². The van der Waals surface area contributed by atoms with Gasteiger partial charge in [-0.25, -0.2) is 14.9 Å². The number of hydrogen-bond acceptors (Lipinski definition) is 6. The first-order valence-electron chi connectivity index (χ1n) is 10.1. The first kappa shape index (κ1) is 18.6. The van der Waals surface area contributed by atoms with Crippen molar-refractivity contribution in [2.24, 2.45) is 22.1 Å². The summed E-state index contributed by atoms with van der Waals surface area (Å²) in [7, 11) is 3.58. The maximum Gasteiger partial charge on any atom is 0.220 e. The minimum absolute atomic E-state index is 0.141. The third kappa shape index (κ3) is 3.09. The van der Waals surface area contributed by atoms with Gasteiger partial charge in [0, 0.05) is 31.7 Å². The Labute approximate surface area is 161 Å². The number of hydrogen-bond donors (Lipinski definition) is 1. The zero-order valence-electron chi connectivity index (χ0n) is 16.7. The van der Waals surface area contributed by atoms with Crippen molar-refractivity contribution in [2.45, 2.75) is 51.2 Å². The Bertz CT molecular complexity index is 733. The number of nitrogens with two attached hydrogens (primary N) is 1. The van der Waals surface area contributed by atoms with Crippen molar-refractivity contribution in [3.63, 3.8) is 0 Å². The van der Waals surface area contributed by atoms with Crippen LogP contribution in [0.1, 0.15) is 50.2 Å². The standard InChI is InChI=1S/C21H31N3O3/c1-4-20(10-5-11-25-3)13-16-8-9-17(26-14-15-6-7-15)12-18(16)21(20)23-19(22)24(2)27-21/h8-9,12,15H,4-7,10-11,13-14H2,1-3H3,(H2,22,23). The molecule has 1 heterocycles. The number of fused-ring (bicyclic) bond motifs is 2. The molecule has 0 amide bonds. The molecule has 2 aliphatic carbocycles. The molecule has 1 aliphatic heterocycles. The first-order chi connectivity index (χ1) is 13.0. The molecule has 0 saturated heterocycles. The van der Waals surface area contributed by atoms with Gasteiger partial charge < -0.3 is 15.2 Å². The maximum atomic E-state index is 6.39. The molecule has 1 fully saturated rings. The van der Waals surface area contributed by atoms with E-state index >= 15 is 0 Å². The van der Waals surface area contributed by atoms with Gasteiger partial charge in [0.25, 0.3) is 0 Å². The highest BCUT2D eigenvalue weighted by Crippen LogP contribution is 2.60. The van der Waals surface area contributed by atoms with Gasteiger partial charge in [-0.3, -0.25) is 0 Å². The molecule has 2 atom stereocenters. The molecule has 6 nitrogen and oxygen atoms in total. The van der Waals surface area contributed by atoms with Crippen LogP contribution >= 0.6 is 0 Å². The van der Waals surface area contributed by atoms with Gasteiger partial charge in [0.2, 0.25) is 11.7 Å². The van der Waals surface area contributed by atoms with Crippen molar-refractivity contribution in [2.75, 3.05) is 27.4 Å². The van der Waals surface area contributed by atoms with Crippen LogP contribution in [0.3, 0.4) is 0 Å². The van der Waals surface area contributed by atoms with E-state index in [0.717, 1.165) is 56.1 Å². The summed E-state index contributed by atoms with van der Waals surface area (Å²) < 4.78 is 11.4. The molecule has 6 heteroatoms. The third-order valence-electron chi connectivity index (χ3n) is 6.42. The van der Waals surface area contributed by atoms with Gasteiger partial charge in [0.15, 0.2) is 0 Å². The fraction of sp³-hybridized carbons (Fsp3) is 0.667. The Kier molecular flexibility index (Phi) is 4.80. The highest BCUT2D eigenvalue weighted by Gasteiger charge is 2.61. The van der Waals surface area contributed by atoms with Crippen LogP contribution in [0.25, 0.3) is 0 Å². The number of rotatable bonds is 8. The zero-order chi connectivity index (χ0) is 19.1. The molecule has 4 rings (SSSR count). The third-order valence-corrected chi connectivity index (χ3v) is 6.42. The summed E-state index contributed by atoms with van der Waals surface area (Å²) in [6.45, 7) is 3.75. The minimum Gasteiger partial charge on any atom is -0.493 e. The smallest absolute Gasteiger partial charge is 0.220 e. The monoisotopic (exact) mass is 373 g/mol. The number of guanidine groups is 1. The van der Waals surface area contributed by atoms with Gasteiger partial charge in [-0.1, -0.05) is 13.0 Å². The van der Waals surface area contributed by atoms with Crippen LogP contribution in [0.15, 0.2) is 23.2 Å². The summed E-state index contributed by atoms with van der Waals surface area (Å²) in [4.78, 5) is 11.3. The van der Waals surface area contributed by atoms with E-state index in [1.165, 1.54) is 18.4 Å². The van der Waals surface area contributed by atoms with Crippen molar-refractivity contribution < 1.29 is 14.3 Å². The molecule has 1 spiro atoms. The molecule has 148 valence electrons. The second kappa shape index (κ2) is 6.99. The van der Waals surface area contributed by atoms with Crippen molar-refractivity contribution in [1.82, 2.24) is 5.06 Å². The molecule has 0 radical (unpaired) electrons. The van der Waals surface area contributed by atoms with E-state index in [4.69, 9.17) is 25.0 Å². The second-order valence-electron chi connectivity index (χ2n) is 8.18. The lowest BCUT2D eigenvalue weighted by molar-refractivity contribution is -0.225. The van der Waals surface area contributed by atoms with E-state index in [0.29, 0.717) is 5.96 Å². The van der Waals surface area contributed by atoms with Gasteiger partial charge in [-0.05, 0) is 62.1 Å². The highest BCUT2D eigenvalue weighted by molar-refractivity contribution is 5.79. The molecule has 27 heavy (non-hydrogen) atoms. The second-order valence-corrected chi connectivity index (χ2v) is 8.18. The summed E-state index contributed by atoms with van der Waals surface area (Å²) in [5.41, 5.74) is 7.62. The molecular weight excluding hydrogens is 342 g/mol. The van der Waals surface area contributed by atoms with E-state index in [1.54, 1.807) is 12.2 Å². The average molecular weight is 373 g/mol. The van der Waals surface area contributed by atoms with Gasteiger partial charge in [0.05, 0.1) is 6.61 Å². The van der Waals surface area contributed by atoms with Crippen LogP contribution in [-0.2, 0) is 21.7 Å². The molecule has 1 aromatic carbocycles. The highest BCUT2D eigenvalue weighted by atomic mass is 16.7. The summed E-state index contributed by atoms with van der Waals surface area (Å²) in [5.74, 6) is 2.05. The Hall–Kier alpha value is -1.79. The number of ether oxygens (including phenoxy) is 2. The lowest BCUT2D eigenvalue weighted by atomic mass is 9.72. The molecule has 1 saturated carbocycles. The zero-order valence-corrected chi connectivity index (χ0v) is 16.7. The number of hydroxylamine groups is 2. The normalized spacial score (nSPS) is 29.3. The summed E-state index contributed by atoms with van der Waals surface area (Å²) in [6, 6.07) is 6.39. The minimum atomic E-state index is -0.775. The quantitative estimate of drug-likeness (QED) is 0.709. The Morgan fingerprint density at radius 3 is 2.81 bits per heavy atom. The predicted octanol–water partition coefficient (Wildman–Crippen LogP) is 3.20. The average Bonchev–Trinajstić information content (AvgIpc) is 3.40. The Morgan fingerprint density at radius 1 is 1.37 bits per heavy atom. The van der Waals surface area contributed by atoms with Gasteiger partial charge in [-0.15, -0.1) is 0 Å². The van der Waals surface area contributed by atoms with Crippen LogP contribution < -0.4 is 10.5 Å². The Morgan fingerprint density at radius 2 is 2.19 bits per heavy atom. The van der Waals surface area contributed by atoms with Crippen molar-refractivity contribution in [1.29, 1.82) is 0 Å². The summed E-state index contributed by atoms with van der Waals surface area (Å²) in [5, 5.41) is 1.60. The molecular formula is C21H31N3O3. The number of aliphatic imine (C=N–C) groups is 1. The van der Waals surface area contributed by atoms with Crippen molar-refractivity contribution in [3.8, 4) is 5.75 Å². The first-order valence-corrected chi connectivity index (χ1v) is 10.1. The van der Waals surface area contributed by atoms with Gasteiger partial charge in [-0.2, -0.15) is 0 Å². The number of benzene rings is 1. The fourth-order valence-electron chi connectivity index (χ4n) is 4.56.